The minimum absolute atomic E-state index is 0.0231. The van der Waals surface area contributed by atoms with E-state index in [0.717, 1.165) is 12.2 Å². The molecule has 2 atom stereocenters. The first-order valence-corrected chi connectivity index (χ1v) is 8.73. The molecule has 7 heteroatoms. The van der Waals surface area contributed by atoms with E-state index in [1.807, 2.05) is 12.1 Å². The maximum atomic E-state index is 12.4. The molecule has 0 unspecified atom stereocenters. The molecule has 1 aromatic heterocycles. The Bertz CT molecular complexity index is 826. The van der Waals surface area contributed by atoms with Crippen molar-refractivity contribution in [2.75, 3.05) is 6.54 Å². The van der Waals surface area contributed by atoms with E-state index in [2.05, 4.69) is 4.72 Å². The van der Waals surface area contributed by atoms with Crippen LogP contribution in [0.25, 0.3) is 0 Å². The number of sulfonamides is 1. The van der Waals surface area contributed by atoms with Crippen LogP contribution in [0.4, 0.5) is 0 Å². The molecule has 1 aromatic carbocycles. The normalized spacial score (nSPS) is 20.4. The van der Waals surface area contributed by atoms with Gasteiger partial charge in [0.15, 0.2) is 0 Å². The summed E-state index contributed by atoms with van der Waals surface area (Å²) in [6.45, 7) is 1.98. The highest BCUT2D eigenvalue weighted by Gasteiger charge is 2.40. The van der Waals surface area contributed by atoms with Gasteiger partial charge in [0, 0.05) is 12.5 Å². The summed E-state index contributed by atoms with van der Waals surface area (Å²) in [5.41, 5.74) is 0.551. The average Bonchev–Trinajstić information content (AvgIpc) is 3.06. The molecule has 122 valence electrons. The van der Waals surface area contributed by atoms with Gasteiger partial charge in [-0.1, -0.05) is 0 Å². The average molecular weight is 335 g/mol. The summed E-state index contributed by atoms with van der Waals surface area (Å²) in [6.07, 6.45) is 2.49. The van der Waals surface area contributed by atoms with Crippen molar-refractivity contribution in [3.05, 3.63) is 53.5 Å². The highest BCUT2D eigenvalue weighted by atomic mass is 32.2. The molecule has 2 N–H and O–H groups in total. The molecule has 0 spiro atoms. The Balaban J connectivity index is 1.69. The van der Waals surface area contributed by atoms with E-state index in [-0.39, 0.29) is 22.3 Å². The van der Waals surface area contributed by atoms with E-state index < -0.39 is 16.0 Å². The quantitative estimate of drug-likeness (QED) is 0.845. The Hall–Kier alpha value is -2.12. The molecule has 0 bridgehead atoms. The summed E-state index contributed by atoms with van der Waals surface area (Å²) in [5.74, 6) is 0.183. The molecule has 1 fully saturated rings. The Kier molecular flexibility index (Phi) is 3.99. The molecular weight excluding hydrogens is 318 g/mol. The maximum absolute atomic E-state index is 12.4. The Morgan fingerprint density at radius 3 is 2.83 bits per heavy atom. The van der Waals surface area contributed by atoms with Crippen molar-refractivity contribution in [1.82, 2.24) is 4.72 Å². The van der Waals surface area contributed by atoms with E-state index >= 15 is 0 Å². The van der Waals surface area contributed by atoms with Crippen LogP contribution < -0.4 is 4.72 Å². The molecule has 2 aromatic rings. The molecule has 23 heavy (non-hydrogen) atoms. The molecule has 3 rings (SSSR count). The van der Waals surface area contributed by atoms with Crippen LogP contribution >= 0.6 is 0 Å². The van der Waals surface area contributed by atoms with Gasteiger partial charge in [0.05, 0.1) is 16.7 Å². The predicted octanol–water partition coefficient (Wildman–Crippen LogP) is 2.37. The largest absolute Gasteiger partial charge is 0.478 e. The van der Waals surface area contributed by atoms with Crippen LogP contribution in [-0.4, -0.2) is 26.0 Å². The highest BCUT2D eigenvalue weighted by molar-refractivity contribution is 7.89. The van der Waals surface area contributed by atoms with E-state index in [9.17, 15) is 13.2 Å². The van der Waals surface area contributed by atoms with Gasteiger partial charge in [-0.05, 0) is 55.2 Å². The number of benzene rings is 1. The molecule has 6 nitrogen and oxygen atoms in total. The molecule has 1 heterocycles. The van der Waals surface area contributed by atoms with E-state index in [1.54, 1.807) is 13.2 Å². The van der Waals surface area contributed by atoms with Crippen LogP contribution in [-0.2, 0) is 10.0 Å². The van der Waals surface area contributed by atoms with Crippen LogP contribution in [0.2, 0.25) is 0 Å². The third-order valence-corrected chi connectivity index (χ3v) is 5.38. The van der Waals surface area contributed by atoms with E-state index in [4.69, 9.17) is 9.52 Å². The van der Waals surface area contributed by atoms with Gasteiger partial charge in [0.2, 0.25) is 10.0 Å². The summed E-state index contributed by atoms with van der Waals surface area (Å²) in [5, 5.41) is 9.04. The van der Waals surface area contributed by atoms with Crippen LogP contribution in [0, 0.1) is 12.8 Å². The number of nitrogens with one attached hydrogen (secondary N) is 1. The number of hydrogen-bond donors (Lipinski definition) is 2. The predicted molar refractivity (Wildman–Crippen MR) is 82.9 cm³/mol. The second-order valence-electron chi connectivity index (χ2n) is 5.81. The zero-order valence-corrected chi connectivity index (χ0v) is 13.3. The highest BCUT2D eigenvalue weighted by Crippen LogP contribution is 2.47. The lowest BCUT2D eigenvalue weighted by Gasteiger charge is -2.08. The number of rotatable bonds is 6. The third kappa shape index (κ3) is 3.46. The number of carboxylic acids is 1. The van der Waals surface area contributed by atoms with Crippen molar-refractivity contribution < 1.29 is 22.7 Å². The summed E-state index contributed by atoms with van der Waals surface area (Å²) in [7, 11) is -3.73. The second-order valence-corrected chi connectivity index (χ2v) is 7.58. The van der Waals surface area contributed by atoms with Crippen molar-refractivity contribution in [2.45, 2.75) is 24.2 Å². The number of aromatic carboxylic acids is 1. The number of aryl methyl sites for hydroxylation is 1. The SMILES string of the molecule is Cc1cc(C(=O)O)cc(S(=O)(=O)NC[C@@H]2C[C@H]2c2ccco2)c1. The van der Waals surface area contributed by atoms with Crippen LogP contribution in [0.3, 0.4) is 0 Å². The lowest BCUT2D eigenvalue weighted by molar-refractivity contribution is 0.0696. The fourth-order valence-corrected chi connectivity index (χ4v) is 3.87. The first kappa shape index (κ1) is 15.8. The van der Waals surface area contributed by atoms with Crippen LogP contribution in [0.1, 0.15) is 34.0 Å². The number of carboxylic acid groups (broad SMARTS) is 1. The Morgan fingerprint density at radius 1 is 1.39 bits per heavy atom. The van der Waals surface area contributed by atoms with Crippen LogP contribution in [0.5, 0.6) is 0 Å². The van der Waals surface area contributed by atoms with E-state index in [1.165, 1.54) is 18.2 Å². The van der Waals surface area contributed by atoms with Gasteiger partial charge >= 0.3 is 5.97 Å². The second kappa shape index (κ2) is 5.82. The van der Waals surface area contributed by atoms with Crippen LogP contribution in [0.15, 0.2) is 45.9 Å². The first-order valence-electron chi connectivity index (χ1n) is 7.25. The number of furan rings is 1. The molecule has 0 radical (unpaired) electrons. The van der Waals surface area contributed by atoms with Crippen molar-refractivity contribution >= 4 is 16.0 Å². The molecule has 0 amide bonds. The van der Waals surface area contributed by atoms with Gasteiger partial charge in [0.1, 0.15) is 5.76 Å². The van der Waals surface area contributed by atoms with Gasteiger partial charge in [-0.2, -0.15) is 0 Å². The van der Waals surface area contributed by atoms with Gasteiger partial charge in [0.25, 0.3) is 0 Å². The van der Waals surface area contributed by atoms with Gasteiger partial charge in [-0.3, -0.25) is 0 Å². The standard InChI is InChI=1S/C16H17NO5S/c1-10-5-11(16(18)19)7-13(6-10)23(20,21)17-9-12-8-14(12)15-3-2-4-22-15/h2-7,12,14,17H,8-9H2,1H3,(H,18,19)/t12-,14+/m0/s1. The summed E-state index contributed by atoms with van der Waals surface area (Å²) >= 11 is 0. The Morgan fingerprint density at radius 2 is 2.17 bits per heavy atom. The smallest absolute Gasteiger partial charge is 0.335 e. The molecule has 0 aliphatic heterocycles. The third-order valence-electron chi connectivity index (χ3n) is 3.97. The van der Waals surface area contributed by atoms with Crippen molar-refractivity contribution in [3.8, 4) is 0 Å². The molecule has 0 saturated heterocycles. The maximum Gasteiger partial charge on any atom is 0.335 e. The topological polar surface area (TPSA) is 96.6 Å². The lowest BCUT2D eigenvalue weighted by atomic mass is 10.1. The van der Waals surface area contributed by atoms with Crippen molar-refractivity contribution in [3.63, 3.8) is 0 Å². The zero-order chi connectivity index (χ0) is 16.6. The molecule has 1 aliphatic rings. The van der Waals surface area contributed by atoms with Gasteiger partial charge in [-0.15, -0.1) is 0 Å². The molecule has 1 aliphatic carbocycles. The molecule has 1 saturated carbocycles. The lowest BCUT2D eigenvalue weighted by Crippen LogP contribution is -2.26. The van der Waals surface area contributed by atoms with E-state index in [0.29, 0.717) is 12.1 Å². The summed E-state index contributed by atoms with van der Waals surface area (Å²) < 4.78 is 32.6. The first-order chi connectivity index (χ1) is 10.9. The number of hydrogen-bond acceptors (Lipinski definition) is 4. The minimum Gasteiger partial charge on any atom is -0.478 e. The Labute approximate surface area is 134 Å². The number of carbonyl (C=O) groups is 1. The monoisotopic (exact) mass is 335 g/mol. The fraction of sp³-hybridized carbons (Fsp3) is 0.312. The van der Waals surface area contributed by atoms with Gasteiger partial charge < -0.3 is 9.52 Å². The van der Waals surface area contributed by atoms with Crippen molar-refractivity contribution in [2.24, 2.45) is 5.92 Å². The summed E-state index contributed by atoms with van der Waals surface area (Å²) in [4.78, 5) is 11.0. The fourth-order valence-electron chi connectivity index (χ4n) is 2.65. The summed E-state index contributed by atoms with van der Waals surface area (Å²) in [6, 6.07) is 7.78. The van der Waals surface area contributed by atoms with Gasteiger partial charge in [-0.25, -0.2) is 17.9 Å². The zero-order valence-electron chi connectivity index (χ0n) is 12.5. The molecular formula is C16H17NO5S. The minimum atomic E-state index is -3.73. The van der Waals surface area contributed by atoms with Crippen molar-refractivity contribution in [1.29, 1.82) is 0 Å².